The van der Waals surface area contributed by atoms with E-state index in [2.05, 4.69) is 0 Å². The van der Waals surface area contributed by atoms with Crippen molar-refractivity contribution < 1.29 is 14.2 Å². The molecule has 0 heterocycles. The van der Waals surface area contributed by atoms with Crippen LogP contribution in [0.4, 0.5) is 0 Å². The number of rotatable bonds is 8. The molecule has 0 aliphatic rings. The lowest BCUT2D eigenvalue weighted by Gasteiger charge is -2.09. The maximum absolute atomic E-state index is 5.67. The first-order valence-electron chi connectivity index (χ1n) is 7.00. The molecule has 112 valence electrons. The lowest BCUT2D eigenvalue weighted by molar-refractivity contribution is 0.247. The number of methoxy groups -OCH3 is 1. The zero-order chi connectivity index (χ0) is 14.9. The molecule has 0 unspecified atom stereocenters. The van der Waals surface area contributed by atoms with Gasteiger partial charge in [0.05, 0.1) is 20.3 Å². The first-order valence-corrected chi connectivity index (χ1v) is 7.00. The van der Waals surface area contributed by atoms with Gasteiger partial charge in [-0.05, 0) is 29.8 Å². The fourth-order valence-corrected chi connectivity index (χ4v) is 1.89. The van der Waals surface area contributed by atoms with Crippen molar-refractivity contribution in [3.05, 3.63) is 54.1 Å². The van der Waals surface area contributed by atoms with E-state index in [1.54, 1.807) is 7.11 Å². The molecule has 0 fully saturated rings. The van der Waals surface area contributed by atoms with E-state index in [1.165, 1.54) is 0 Å². The van der Waals surface area contributed by atoms with Crippen LogP contribution < -0.4 is 19.9 Å². The van der Waals surface area contributed by atoms with Crippen LogP contribution in [0.15, 0.2) is 48.5 Å². The highest BCUT2D eigenvalue weighted by atomic mass is 16.5. The third kappa shape index (κ3) is 5.00. The molecule has 0 bridgehead atoms. The fourth-order valence-electron chi connectivity index (χ4n) is 1.89. The predicted molar refractivity (Wildman–Crippen MR) is 82.9 cm³/mol. The van der Waals surface area contributed by atoms with E-state index in [0.29, 0.717) is 19.8 Å². The molecule has 0 amide bonds. The minimum absolute atomic E-state index is 0.524. The molecule has 21 heavy (non-hydrogen) atoms. The summed E-state index contributed by atoms with van der Waals surface area (Å²) in [6, 6.07) is 15.4. The molecule has 0 radical (unpaired) electrons. The molecule has 0 aromatic heterocycles. The summed E-state index contributed by atoms with van der Waals surface area (Å²) in [6.07, 6.45) is 0.810. The highest BCUT2D eigenvalue weighted by Gasteiger charge is 1.98. The Morgan fingerprint density at radius 2 is 1.48 bits per heavy atom. The van der Waals surface area contributed by atoms with E-state index in [9.17, 15) is 0 Å². The first kappa shape index (κ1) is 15.2. The largest absolute Gasteiger partial charge is 0.497 e. The third-order valence-corrected chi connectivity index (χ3v) is 3.00. The third-order valence-electron chi connectivity index (χ3n) is 3.00. The van der Waals surface area contributed by atoms with Crippen LogP contribution in [0.2, 0.25) is 0 Å². The summed E-state index contributed by atoms with van der Waals surface area (Å²) in [7, 11) is 1.64. The topological polar surface area (TPSA) is 53.7 Å². The van der Waals surface area contributed by atoms with E-state index in [0.717, 1.165) is 29.2 Å². The molecule has 2 rings (SSSR count). The average Bonchev–Trinajstić information content (AvgIpc) is 2.55. The second kappa shape index (κ2) is 8.17. The van der Waals surface area contributed by atoms with Crippen molar-refractivity contribution in [2.45, 2.75) is 13.0 Å². The Hall–Kier alpha value is -2.20. The van der Waals surface area contributed by atoms with Gasteiger partial charge in [0.25, 0.3) is 0 Å². The van der Waals surface area contributed by atoms with Gasteiger partial charge in [-0.15, -0.1) is 0 Å². The highest BCUT2D eigenvalue weighted by molar-refractivity contribution is 5.32. The number of nitrogens with two attached hydrogens (primary N) is 1. The van der Waals surface area contributed by atoms with Gasteiger partial charge >= 0.3 is 0 Å². The zero-order valence-corrected chi connectivity index (χ0v) is 12.2. The number of hydrogen-bond acceptors (Lipinski definition) is 4. The quantitative estimate of drug-likeness (QED) is 0.758. The Bertz CT molecular complexity index is 508. The van der Waals surface area contributed by atoms with Crippen LogP contribution in [0.1, 0.15) is 12.0 Å². The zero-order valence-electron chi connectivity index (χ0n) is 12.2. The summed E-state index contributed by atoms with van der Waals surface area (Å²) in [6.45, 7) is 1.73. The van der Waals surface area contributed by atoms with Crippen LogP contribution in [0, 0.1) is 0 Å². The summed E-state index contributed by atoms with van der Waals surface area (Å²) in [5.41, 5.74) is 6.67. The minimum atomic E-state index is 0.524. The first-order chi connectivity index (χ1) is 10.3. The van der Waals surface area contributed by atoms with Gasteiger partial charge in [0.2, 0.25) is 0 Å². The van der Waals surface area contributed by atoms with Gasteiger partial charge in [-0.3, -0.25) is 0 Å². The van der Waals surface area contributed by atoms with Crippen LogP contribution in [0.5, 0.6) is 17.2 Å². The molecule has 0 saturated heterocycles. The molecule has 0 spiro atoms. The van der Waals surface area contributed by atoms with Gasteiger partial charge in [0, 0.05) is 19.0 Å². The lowest BCUT2D eigenvalue weighted by Crippen LogP contribution is -2.05. The van der Waals surface area contributed by atoms with Crippen LogP contribution >= 0.6 is 0 Å². The number of ether oxygens (including phenoxy) is 3. The van der Waals surface area contributed by atoms with E-state index >= 15 is 0 Å². The summed E-state index contributed by atoms with van der Waals surface area (Å²) >= 11 is 0. The van der Waals surface area contributed by atoms with Crippen molar-refractivity contribution in [3.63, 3.8) is 0 Å². The van der Waals surface area contributed by atoms with E-state index in [4.69, 9.17) is 19.9 Å². The summed E-state index contributed by atoms with van der Waals surface area (Å²) in [5.74, 6) is 2.45. The average molecular weight is 287 g/mol. The molecular weight excluding hydrogens is 266 g/mol. The van der Waals surface area contributed by atoms with Gasteiger partial charge in [-0.1, -0.05) is 18.2 Å². The van der Waals surface area contributed by atoms with Gasteiger partial charge in [0.15, 0.2) is 0 Å². The number of hydrogen-bond donors (Lipinski definition) is 1. The van der Waals surface area contributed by atoms with E-state index in [1.807, 2.05) is 48.5 Å². The number of benzene rings is 2. The summed E-state index contributed by atoms with van der Waals surface area (Å²) in [5, 5.41) is 0. The Balaban J connectivity index is 1.69. The lowest BCUT2D eigenvalue weighted by atomic mass is 10.2. The molecule has 0 saturated carbocycles. The fraction of sp³-hybridized carbons (Fsp3) is 0.294. The second-order valence-electron chi connectivity index (χ2n) is 4.58. The van der Waals surface area contributed by atoms with Crippen LogP contribution in [0.25, 0.3) is 0 Å². The Morgan fingerprint density at radius 3 is 2.14 bits per heavy atom. The van der Waals surface area contributed by atoms with Crippen LogP contribution in [-0.4, -0.2) is 20.3 Å². The molecule has 4 nitrogen and oxygen atoms in total. The van der Waals surface area contributed by atoms with E-state index < -0.39 is 0 Å². The normalized spacial score (nSPS) is 10.2. The molecule has 0 atom stereocenters. The van der Waals surface area contributed by atoms with Crippen molar-refractivity contribution in [3.8, 4) is 17.2 Å². The summed E-state index contributed by atoms with van der Waals surface area (Å²) < 4.78 is 16.5. The molecule has 4 heteroatoms. The molecule has 2 aromatic rings. The SMILES string of the molecule is COc1cccc(OCCCOc2cccc(CN)c2)c1. The van der Waals surface area contributed by atoms with Crippen molar-refractivity contribution in [1.29, 1.82) is 0 Å². The Morgan fingerprint density at radius 1 is 0.857 bits per heavy atom. The van der Waals surface area contributed by atoms with E-state index in [-0.39, 0.29) is 0 Å². The molecule has 0 aliphatic carbocycles. The summed E-state index contributed by atoms with van der Waals surface area (Å²) in [4.78, 5) is 0. The Kier molecular flexibility index (Phi) is 5.91. The minimum Gasteiger partial charge on any atom is -0.497 e. The van der Waals surface area contributed by atoms with Crippen molar-refractivity contribution in [2.24, 2.45) is 5.73 Å². The maximum atomic E-state index is 5.67. The smallest absolute Gasteiger partial charge is 0.122 e. The molecular formula is C17H21NO3. The second-order valence-corrected chi connectivity index (χ2v) is 4.58. The van der Waals surface area contributed by atoms with Crippen LogP contribution in [0.3, 0.4) is 0 Å². The molecule has 2 aromatic carbocycles. The van der Waals surface area contributed by atoms with Gasteiger partial charge < -0.3 is 19.9 Å². The van der Waals surface area contributed by atoms with Gasteiger partial charge in [-0.25, -0.2) is 0 Å². The highest BCUT2D eigenvalue weighted by Crippen LogP contribution is 2.19. The standard InChI is InChI=1S/C17H21NO3/c1-19-15-6-3-8-17(12-15)21-10-4-9-20-16-7-2-5-14(11-16)13-18/h2-3,5-8,11-12H,4,9-10,13,18H2,1H3. The van der Waals surface area contributed by atoms with Crippen LogP contribution in [-0.2, 0) is 6.54 Å². The molecule has 0 aliphatic heterocycles. The molecule has 2 N–H and O–H groups in total. The maximum Gasteiger partial charge on any atom is 0.122 e. The van der Waals surface area contributed by atoms with Crippen molar-refractivity contribution in [2.75, 3.05) is 20.3 Å². The van der Waals surface area contributed by atoms with Crippen molar-refractivity contribution in [1.82, 2.24) is 0 Å². The van der Waals surface area contributed by atoms with Crippen molar-refractivity contribution >= 4 is 0 Å². The monoisotopic (exact) mass is 287 g/mol. The predicted octanol–water partition coefficient (Wildman–Crippen LogP) is 3.00. The van der Waals surface area contributed by atoms with Gasteiger partial charge in [0.1, 0.15) is 17.2 Å². The van der Waals surface area contributed by atoms with Gasteiger partial charge in [-0.2, -0.15) is 0 Å². The Labute approximate surface area is 125 Å².